The normalized spacial score (nSPS) is 20.7. The summed E-state index contributed by atoms with van der Waals surface area (Å²) in [5.41, 5.74) is 1.54. The fraction of sp³-hybridized carbons (Fsp3) is 0.619. The van der Waals surface area contributed by atoms with Gasteiger partial charge in [0, 0.05) is 38.3 Å². The average Bonchev–Trinajstić information content (AvgIpc) is 3.12. The Bertz CT molecular complexity index is 1060. The van der Waals surface area contributed by atoms with Crippen molar-refractivity contribution in [1.29, 1.82) is 0 Å². The first-order valence-corrected chi connectivity index (χ1v) is 12.3. The molecule has 0 N–H and O–H groups in total. The molecule has 2 aromatic heterocycles. The van der Waals surface area contributed by atoms with Gasteiger partial charge in [0.15, 0.2) is 5.76 Å². The molecule has 2 aliphatic rings. The highest BCUT2D eigenvalue weighted by molar-refractivity contribution is 7.89. The molecule has 9 nitrogen and oxygen atoms in total. The zero-order valence-electron chi connectivity index (χ0n) is 18.3. The fourth-order valence-electron chi connectivity index (χ4n) is 4.50. The maximum Gasteiger partial charge on any atom is 0.257 e. The molecular formula is C21H29N5O4S. The van der Waals surface area contributed by atoms with Crippen LogP contribution in [0.5, 0.6) is 0 Å². The number of aryl methyl sites for hydroxylation is 3. The highest BCUT2D eigenvalue weighted by atomic mass is 32.2. The lowest BCUT2D eigenvalue weighted by Gasteiger charge is -2.31. The molecule has 2 saturated heterocycles. The second kappa shape index (κ2) is 8.66. The van der Waals surface area contributed by atoms with Crippen molar-refractivity contribution in [2.75, 3.05) is 26.2 Å². The van der Waals surface area contributed by atoms with Gasteiger partial charge in [-0.1, -0.05) is 5.16 Å². The van der Waals surface area contributed by atoms with Crippen LogP contribution in [-0.2, 0) is 10.0 Å². The number of nitrogens with zero attached hydrogens (tertiary/aromatic N) is 5. The molecule has 2 fully saturated rings. The van der Waals surface area contributed by atoms with Crippen molar-refractivity contribution in [2.45, 2.75) is 63.7 Å². The predicted molar refractivity (Wildman–Crippen MR) is 113 cm³/mol. The first-order chi connectivity index (χ1) is 14.8. The third-order valence-corrected chi connectivity index (χ3v) is 8.30. The number of piperidine rings is 2. The molecule has 2 aliphatic heterocycles. The van der Waals surface area contributed by atoms with Crippen LogP contribution in [0.2, 0.25) is 0 Å². The Morgan fingerprint density at radius 3 is 2.45 bits per heavy atom. The van der Waals surface area contributed by atoms with E-state index in [4.69, 9.17) is 4.52 Å². The lowest BCUT2D eigenvalue weighted by Crippen LogP contribution is -2.40. The lowest BCUT2D eigenvalue weighted by atomic mass is 9.98. The number of carbonyl (C=O) groups is 1. The first-order valence-electron chi connectivity index (χ1n) is 10.8. The summed E-state index contributed by atoms with van der Waals surface area (Å²) in [7, 11) is -3.71. The SMILES string of the molecule is Cc1nc([C@H]2CCCN(S(=O)(=O)c3c(C)noc3C)C2)ncc1C(=O)N1CCCCC1. The molecule has 0 aromatic carbocycles. The maximum atomic E-state index is 13.2. The van der Waals surface area contributed by atoms with Crippen LogP contribution in [0.15, 0.2) is 15.6 Å². The third kappa shape index (κ3) is 4.23. The number of carbonyl (C=O) groups excluding carboxylic acids is 1. The topological polar surface area (TPSA) is 110 Å². The Kier molecular flexibility index (Phi) is 6.11. The molecule has 2 aromatic rings. The minimum Gasteiger partial charge on any atom is -0.360 e. The summed E-state index contributed by atoms with van der Waals surface area (Å²) in [6.45, 7) is 7.35. The molecule has 10 heteroatoms. The Morgan fingerprint density at radius 1 is 1.06 bits per heavy atom. The summed E-state index contributed by atoms with van der Waals surface area (Å²) in [5, 5.41) is 3.79. The zero-order chi connectivity index (χ0) is 22.2. The number of sulfonamides is 1. The van der Waals surface area contributed by atoms with Gasteiger partial charge in [-0.15, -0.1) is 0 Å². The van der Waals surface area contributed by atoms with Crippen LogP contribution in [0.1, 0.15) is 71.4 Å². The van der Waals surface area contributed by atoms with Gasteiger partial charge in [-0.2, -0.15) is 4.31 Å². The number of likely N-dealkylation sites (tertiary alicyclic amines) is 1. The molecule has 0 saturated carbocycles. The second-order valence-corrected chi connectivity index (χ2v) is 10.3. The molecule has 0 aliphatic carbocycles. The van der Waals surface area contributed by atoms with Gasteiger partial charge in [-0.05, 0) is 52.9 Å². The van der Waals surface area contributed by atoms with Gasteiger partial charge in [0.25, 0.3) is 5.91 Å². The highest BCUT2D eigenvalue weighted by Crippen LogP contribution is 2.31. The minimum absolute atomic E-state index is 0.0185. The van der Waals surface area contributed by atoms with Crippen LogP contribution in [0.3, 0.4) is 0 Å². The zero-order valence-corrected chi connectivity index (χ0v) is 19.1. The van der Waals surface area contributed by atoms with E-state index in [1.54, 1.807) is 20.0 Å². The summed E-state index contributed by atoms with van der Waals surface area (Å²) in [4.78, 5) is 23.9. The Labute approximate surface area is 182 Å². The molecule has 31 heavy (non-hydrogen) atoms. The highest BCUT2D eigenvalue weighted by Gasteiger charge is 2.36. The van der Waals surface area contributed by atoms with Gasteiger partial charge in [-0.25, -0.2) is 18.4 Å². The van der Waals surface area contributed by atoms with E-state index < -0.39 is 10.0 Å². The van der Waals surface area contributed by atoms with Gasteiger partial charge in [-0.3, -0.25) is 4.79 Å². The van der Waals surface area contributed by atoms with Gasteiger partial charge < -0.3 is 9.42 Å². The molecule has 1 atom stereocenters. The summed E-state index contributed by atoms with van der Waals surface area (Å²) < 4.78 is 32.9. The summed E-state index contributed by atoms with van der Waals surface area (Å²) in [5.74, 6) is 0.746. The van der Waals surface area contributed by atoms with Crippen molar-refractivity contribution in [1.82, 2.24) is 24.3 Å². The van der Waals surface area contributed by atoms with E-state index in [1.165, 1.54) is 4.31 Å². The Morgan fingerprint density at radius 2 is 1.81 bits per heavy atom. The van der Waals surface area contributed by atoms with E-state index in [0.29, 0.717) is 48.0 Å². The van der Waals surface area contributed by atoms with E-state index in [-0.39, 0.29) is 16.7 Å². The van der Waals surface area contributed by atoms with Crippen molar-refractivity contribution in [3.8, 4) is 0 Å². The molecule has 4 heterocycles. The van der Waals surface area contributed by atoms with Gasteiger partial charge in [0.1, 0.15) is 16.4 Å². The molecule has 0 radical (unpaired) electrons. The third-order valence-electron chi connectivity index (χ3n) is 6.19. The van der Waals surface area contributed by atoms with Crippen molar-refractivity contribution >= 4 is 15.9 Å². The second-order valence-electron chi connectivity index (χ2n) is 8.44. The molecule has 0 bridgehead atoms. The van der Waals surface area contributed by atoms with E-state index in [0.717, 1.165) is 38.8 Å². The molecular weight excluding hydrogens is 418 g/mol. The van der Waals surface area contributed by atoms with Gasteiger partial charge in [0.2, 0.25) is 10.0 Å². The van der Waals surface area contributed by atoms with E-state index in [2.05, 4.69) is 15.1 Å². The number of aromatic nitrogens is 3. The predicted octanol–water partition coefficient (Wildman–Crippen LogP) is 2.58. The monoisotopic (exact) mass is 447 g/mol. The van der Waals surface area contributed by atoms with Crippen molar-refractivity contribution < 1.29 is 17.7 Å². The van der Waals surface area contributed by atoms with Crippen molar-refractivity contribution in [3.05, 3.63) is 34.7 Å². The van der Waals surface area contributed by atoms with E-state index in [9.17, 15) is 13.2 Å². The summed E-state index contributed by atoms with van der Waals surface area (Å²) in [6, 6.07) is 0. The van der Waals surface area contributed by atoms with E-state index in [1.807, 2.05) is 11.8 Å². The molecule has 0 unspecified atom stereocenters. The van der Waals surface area contributed by atoms with Crippen LogP contribution in [0.25, 0.3) is 0 Å². The largest absolute Gasteiger partial charge is 0.360 e. The fourth-order valence-corrected chi connectivity index (χ4v) is 6.32. The standard InChI is InChI=1S/C21H29N5O4S/c1-14-18(21(27)25-9-5-4-6-10-25)12-22-20(23-14)17-8-7-11-26(13-17)31(28,29)19-15(2)24-30-16(19)3/h12,17H,4-11,13H2,1-3H3/t17-/m0/s1. The lowest BCUT2D eigenvalue weighted by molar-refractivity contribution is 0.0722. The van der Waals surface area contributed by atoms with Crippen LogP contribution >= 0.6 is 0 Å². The molecule has 1 amide bonds. The number of hydrogen-bond acceptors (Lipinski definition) is 7. The van der Waals surface area contributed by atoms with Crippen LogP contribution in [0.4, 0.5) is 0 Å². The van der Waals surface area contributed by atoms with Crippen LogP contribution < -0.4 is 0 Å². The van der Waals surface area contributed by atoms with Crippen molar-refractivity contribution in [3.63, 3.8) is 0 Å². The van der Waals surface area contributed by atoms with Crippen LogP contribution in [0, 0.1) is 20.8 Å². The van der Waals surface area contributed by atoms with Gasteiger partial charge >= 0.3 is 0 Å². The average molecular weight is 448 g/mol. The Hall–Kier alpha value is -2.33. The maximum absolute atomic E-state index is 13.2. The number of hydrogen-bond donors (Lipinski definition) is 0. The minimum atomic E-state index is -3.71. The molecule has 168 valence electrons. The summed E-state index contributed by atoms with van der Waals surface area (Å²) in [6.07, 6.45) is 6.34. The first kappa shape index (κ1) is 21.9. The van der Waals surface area contributed by atoms with Crippen LogP contribution in [-0.4, -0.2) is 64.8 Å². The Balaban J connectivity index is 1.53. The quantitative estimate of drug-likeness (QED) is 0.708. The smallest absolute Gasteiger partial charge is 0.257 e. The van der Waals surface area contributed by atoms with E-state index >= 15 is 0 Å². The molecule has 4 rings (SSSR count). The number of rotatable bonds is 4. The summed E-state index contributed by atoms with van der Waals surface area (Å²) >= 11 is 0. The number of amides is 1. The van der Waals surface area contributed by atoms with Gasteiger partial charge in [0.05, 0.1) is 11.3 Å². The molecule has 0 spiro atoms. The van der Waals surface area contributed by atoms with Crippen molar-refractivity contribution in [2.24, 2.45) is 0 Å².